The summed E-state index contributed by atoms with van der Waals surface area (Å²) in [5, 5.41) is 9.04. The quantitative estimate of drug-likeness (QED) is 0.857. The predicted octanol–water partition coefficient (Wildman–Crippen LogP) is 1.34. The van der Waals surface area contributed by atoms with Crippen LogP contribution in [0.1, 0.15) is 10.4 Å². The fourth-order valence-corrected chi connectivity index (χ4v) is 1.43. The van der Waals surface area contributed by atoms with E-state index in [1.165, 1.54) is 12.5 Å². The fraction of sp³-hybridized carbons (Fsp3) is 0.0909. The van der Waals surface area contributed by atoms with E-state index >= 15 is 0 Å². The summed E-state index contributed by atoms with van der Waals surface area (Å²) in [5.41, 5.74) is 0.869. The van der Waals surface area contributed by atoms with Crippen LogP contribution < -0.4 is 4.90 Å². The molecule has 0 fully saturated rings. The number of rotatable bonds is 3. The molecule has 2 aromatic heterocycles. The van der Waals surface area contributed by atoms with E-state index in [4.69, 9.17) is 5.11 Å². The van der Waals surface area contributed by atoms with Crippen LogP contribution in [0.4, 0.5) is 11.5 Å². The molecule has 0 aromatic carbocycles. The number of aromatic carboxylic acids is 1. The van der Waals surface area contributed by atoms with E-state index < -0.39 is 5.97 Å². The maximum Gasteiger partial charge on any atom is 0.341 e. The molecule has 6 heteroatoms. The first-order valence-electron chi connectivity index (χ1n) is 4.87. The fourth-order valence-electron chi connectivity index (χ4n) is 1.43. The molecule has 0 unspecified atom stereocenters. The molecule has 0 radical (unpaired) electrons. The molecule has 0 saturated heterocycles. The molecule has 0 aliphatic heterocycles. The monoisotopic (exact) mass is 230 g/mol. The SMILES string of the molecule is CN(c1ccncc1)c1ncncc1C(=O)O. The van der Waals surface area contributed by atoms with Crippen molar-refractivity contribution in [2.24, 2.45) is 0 Å². The Kier molecular flexibility index (Phi) is 2.95. The maximum absolute atomic E-state index is 11.0. The highest BCUT2D eigenvalue weighted by molar-refractivity contribution is 5.93. The lowest BCUT2D eigenvalue weighted by molar-refractivity contribution is 0.0697. The first kappa shape index (κ1) is 11.0. The molecule has 6 nitrogen and oxygen atoms in total. The van der Waals surface area contributed by atoms with E-state index in [2.05, 4.69) is 15.0 Å². The Morgan fingerprint density at radius 2 is 2.00 bits per heavy atom. The number of pyridine rings is 1. The minimum atomic E-state index is -1.05. The number of anilines is 2. The second-order valence-electron chi connectivity index (χ2n) is 3.33. The van der Waals surface area contributed by atoms with Gasteiger partial charge in [0, 0.05) is 31.3 Å². The Labute approximate surface area is 97.6 Å². The maximum atomic E-state index is 11.0. The van der Waals surface area contributed by atoms with Crippen LogP contribution in [0.5, 0.6) is 0 Å². The molecular formula is C11H10N4O2. The zero-order valence-corrected chi connectivity index (χ0v) is 9.11. The second-order valence-corrected chi connectivity index (χ2v) is 3.33. The average molecular weight is 230 g/mol. The standard InChI is InChI=1S/C11H10N4O2/c1-15(8-2-4-12-5-3-8)10-9(11(16)17)6-13-7-14-10/h2-7H,1H3,(H,16,17). The third kappa shape index (κ3) is 2.20. The normalized spacial score (nSPS) is 9.94. The van der Waals surface area contributed by atoms with Crippen molar-refractivity contribution >= 4 is 17.5 Å². The number of carboxylic acids is 1. The highest BCUT2D eigenvalue weighted by atomic mass is 16.4. The van der Waals surface area contributed by atoms with E-state index in [0.29, 0.717) is 5.82 Å². The number of aromatic nitrogens is 3. The van der Waals surface area contributed by atoms with Gasteiger partial charge in [-0.3, -0.25) is 4.98 Å². The van der Waals surface area contributed by atoms with Crippen LogP contribution in [0.25, 0.3) is 0 Å². The summed E-state index contributed by atoms with van der Waals surface area (Å²) in [4.78, 5) is 24.3. The van der Waals surface area contributed by atoms with Crippen molar-refractivity contribution in [3.63, 3.8) is 0 Å². The van der Waals surface area contributed by atoms with Gasteiger partial charge in [-0.05, 0) is 12.1 Å². The number of carboxylic acid groups (broad SMARTS) is 1. The molecular weight excluding hydrogens is 220 g/mol. The van der Waals surface area contributed by atoms with Crippen molar-refractivity contribution in [3.05, 3.63) is 42.6 Å². The summed E-state index contributed by atoms with van der Waals surface area (Å²) < 4.78 is 0. The molecule has 2 aromatic rings. The van der Waals surface area contributed by atoms with E-state index in [1.807, 2.05) is 0 Å². The third-order valence-corrected chi connectivity index (χ3v) is 2.29. The summed E-state index contributed by atoms with van der Waals surface area (Å²) in [7, 11) is 1.74. The minimum absolute atomic E-state index is 0.0619. The highest BCUT2D eigenvalue weighted by Gasteiger charge is 2.15. The number of hydrogen-bond acceptors (Lipinski definition) is 5. The summed E-state index contributed by atoms with van der Waals surface area (Å²) >= 11 is 0. The van der Waals surface area contributed by atoms with E-state index in [0.717, 1.165) is 5.69 Å². The summed E-state index contributed by atoms with van der Waals surface area (Å²) in [6, 6.07) is 3.54. The smallest absolute Gasteiger partial charge is 0.341 e. The Morgan fingerprint density at radius 3 is 2.65 bits per heavy atom. The highest BCUT2D eigenvalue weighted by Crippen LogP contribution is 2.23. The zero-order chi connectivity index (χ0) is 12.3. The van der Waals surface area contributed by atoms with Crippen molar-refractivity contribution in [1.82, 2.24) is 15.0 Å². The molecule has 0 atom stereocenters. The Balaban J connectivity index is 2.44. The lowest BCUT2D eigenvalue weighted by Crippen LogP contribution is -2.16. The molecule has 0 saturated carbocycles. The number of carbonyl (C=O) groups is 1. The van der Waals surface area contributed by atoms with Gasteiger partial charge in [0.1, 0.15) is 11.9 Å². The largest absolute Gasteiger partial charge is 0.477 e. The van der Waals surface area contributed by atoms with Gasteiger partial charge >= 0.3 is 5.97 Å². The van der Waals surface area contributed by atoms with Gasteiger partial charge in [-0.15, -0.1) is 0 Å². The van der Waals surface area contributed by atoms with Crippen molar-refractivity contribution in [2.45, 2.75) is 0 Å². The van der Waals surface area contributed by atoms with E-state index in [-0.39, 0.29) is 5.56 Å². The van der Waals surface area contributed by atoms with E-state index in [9.17, 15) is 4.79 Å². The van der Waals surface area contributed by atoms with Crippen molar-refractivity contribution < 1.29 is 9.90 Å². The van der Waals surface area contributed by atoms with Crippen LogP contribution in [0.15, 0.2) is 37.1 Å². The topological polar surface area (TPSA) is 79.2 Å². The van der Waals surface area contributed by atoms with Gasteiger partial charge in [0.15, 0.2) is 5.82 Å². The molecule has 2 rings (SSSR count). The van der Waals surface area contributed by atoms with Gasteiger partial charge in [-0.1, -0.05) is 0 Å². The van der Waals surface area contributed by atoms with Crippen LogP contribution in [-0.4, -0.2) is 33.1 Å². The van der Waals surface area contributed by atoms with Crippen molar-refractivity contribution in [2.75, 3.05) is 11.9 Å². The third-order valence-electron chi connectivity index (χ3n) is 2.29. The van der Waals surface area contributed by atoms with Crippen LogP contribution in [0.2, 0.25) is 0 Å². The summed E-state index contributed by atoms with van der Waals surface area (Å²) in [6.07, 6.45) is 5.86. The number of hydrogen-bond donors (Lipinski definition) is 1. The minimum Gasteiger partial charge on any atom is -0.477 e. The van der Waals surface area contributed by atoms with Crippen molar-refractivity contribution in [1.29, 1.82) is 0 Å². The van der Waals surface area contributed by atoms with Gasteiger partial charge in [0.2, 0.25) is 0 Å². The predicted molar refractivity (Wildman–Crippen MR) is 61.3 cm³/mol. The summed E-state index contributed by atoms with van der Waals surface area (Å²) in [6.45, 7) is 0. The van der Waals surface area contributed by atoms with Crippen molar-refractivity contribution in [3.8, 4) is 0 Å². The molecule has 86 valence electrons. The van der Waals surface area contributed by atoms with Crippen LogP contribution in [0, 0.1) is 0 Å². The molecule has 0 spiro atoms. The molecule has 0 aliphatic rings. The molecule has 2 heterocycles. The molecule has 1 N–H and O–H groups in total. The Hall–Kier alpha value is -2.50. The lowest BCUT2D eigenvalue weighted by Gasteiger charge is -2.19. The van der Waals surface area contributed by atoms with Gasteiger partial charge < -0.3 is 10.0 Å². The van der Waals surface area contributed by atoms with Gasteiger partial charge in [-0.2, -0.15) is 0 Å². The zero-order valence-electron chi connectivity index (χ0n) is 9.11. The molecule has 0 bridgehead atoms. The average Bonchev–Trinajstić information content (AvgIpc) is 2.39. The Morgan fingerprint density at radius 1 is 1.29 bits per heavy atom. The summed E-state index contributed by atoms with van der Waals surface area (Å²) in [5.74, 6) is -0.708. The van der Waals surface area contributed by atoms with Gasteiger partial charge in [-0.25, -0.2) is 14.8 Å². The molecule has 17 heavy (non-hydrogen) atoms. The molecule has 0 aliphatic carbocycles. The van der Waals surface area contributed by atoms with E-state index in [1.54, 1.807) is 36.5 Å². The van der Waals surface area contributed by atoms with Crippen LogP contribution in [-0.2, 0) is 0 Å². The number of nitrogens with zero attached hydrogens (tertiary/aromatic N) is 4. The molecule has 0 amide bonds. The van der Waals surface area contributed by atoms with Crippen LogP contribution >= 0.6 is 0 Å². The van der Waals surface area contributed by atoms with Crippen LogP contribution in [0.3, 0.4) is 0 Å². The van der Waals surface area contributed by atoms with Gasteiger partial charge in [0.25, 0.3) is 0 Å². The first-order chi connectivity index (χ1) is 8.20. The second kappa shape index (κ2) is 4.56. The Bertz CT molecular complexity index is 530. The van der Waals surface area contributed by atoms with Gasteiger partial charge in [0.05, 0.1) is 0 Å². The first-order valence-corrected chi connectivity index (χ1v) is 4.87. The lowest BCUT2D eigenvalue weighted by atomic mass is 10.2.